The van der Waals surface area contributed by atoms with Gasteiger partial charge in [0.05, 0.1) is 6.54 Å². The molecule has 0 spiro atoms. The van der Waals surface area contributed by atoms with Gasteiger partial charge in [0.2, 0.25) is 0 Å². The maximum Gasteiger partial charge on any atom is 0.407 e. The predicted octanol–water partition coefficient (Wildman–Crippen LogP) is 2.25. The minimum atomic E-state index is -0.486. The summed E-state index contributed by atoms with van der Waals surface area (Å²) in [6.07, 6.45) is 2.88. The number of nitrogens with zero attached hydrogens (tertiary/aromatic N) is 2. The van der Waals surface area contributed by atoms with Crippen molar-refractivity contribution in [2.24, 2.45) is 0 Å². The van der Waals surface area contributed by atoms with Crippen molar-refractivity contribution < 1.29 is 14.3 Å². The first-order valence-electron chi connectivity index (χ1n) is 7.99. The zero-order chi connectivity index (χ0) is 16.9. The average molecular weight is 319 g/mol. The molecule has 1 N–H and O–H groups in total. The summed E-state index contributed by atoms with van der Waals surface area (Å²) < 4.78 is 5.26. The Bertz CT molecular complexity index is 532. The van der Waals surface area contributed by atoms with Crippen molar-refractivity contribution >= 4 is 11.9 Å². The monoisotopic (exact) mass is 319 g/mol. The Kier molecular flexibility index (Phi) is 5.71. The fourth-order valence-electron chi connectivity index (χ4n) is 2.52. The summed E-state index contributed by atoms with van der Waals surface area (Å²) in [7, 11) is 0. The summed E-state index contributed by atoms with van der Waals surface area (Å²) in [5.41, 5.74) is 0.0152. The summed E-state index contributed by atoms with van der Waals surface area (Å²) in [4.78, 5) is 30.1. The van der Waals surface area contributed by atoms with Gasteiger partial charge in [-0.05, 0) is 45.7 Å². The van der Waals surface area contributed by atoms with Gasteiger partial charge in [-0.3, -0.25) is 14.7 Å². The lowest BCUT2D eigenvalue weighted by Crippen LogP contribution is -2.47. The molecule has 6 heteroatoms. The maximum atomic E-state index is 12.1. The van der Waals surface area contributed by atoms with Gasteiger partial charge >= 0.3 is 6.09 Å². The first-order chi connectivity index (χ1) is 10.8. The molecule has 0 bridgehead atoms. The van der Waals surface area contributed by atoms with E-state index in [-0.39, 0.29) is 17.9 Å². The normalized spacial score (nSPS) is 16.8. The molecule has 2 heterocycles. The molecular weight excluding hydrogens is 294 g/mol. The number of ketones is 1. The highest BCUT2D eigenvalue weighted by Crippen LogP contribution is 2.13. The first-order valence-corrected chi connectivity index (χ1v) is 7.99. The number of pyridine rings is 1. The van der Waals surface area contributed by atoms with Crippen LogP contribution in [0.15, 0.2) is 24.4 Å². The third-order valence-electron chi connectivity index (χ3n) is 3.63. The van der Waals surface area contributed by atoms with Gasteiger partial charge in [-0.1, -0.05) is 6.07 Å². The average Bonchev–Trinajstić information content (AvgIpc) is 2.48. The number of aromatic nitrogens is 1. The van der Waals surface area contributed by atoms with E-state index in [0.717, 1.165) is 25.9 Å². The van der Waals surface area contributed by atoms with Crippen LogP contribution in [0.3, 0.4) is 0 Å². The Morgan fingerprint density at radius 2 is 2.00 bits per heavy atom. The highest BCUT2D eigenvalue weighted by Gasteiger charge is 2.24. The first kappa shape index (κ1) is 17.4. The molecule has 0 radical (unpaired) electrons. The fraction of sp³-hybridized carbons (Fsp3) is 0.588. The van der Waals surface area contributed by atoms with Crippen LogP contribution in [0.4, 0.5) is 4.79 Å². The number of rotatable bonds is 4. The summed E-state index contributed by atoms with van der Waals surface area (Å²) in [6.45, 7) is 7.46. The number of Topliss-reactive ketones (excluding diaryl/α,β-unsaturated/α-hetero) is 1. The molecule has 1 amide bonds. The molecule has 1 saturated heterocycles. The van der Waals surface area contributed by atoms with Crippen LogP contribution < -0.4 is 5.32 Å². The van der Waals surface area contributed by atoms with Gasteiger partial charge in [-0.15, -0.1) is 0 Å². The second-order valence-electron chi connectivity index (χ2n) is 6.83. The SMILES string of the molecule is CC(C)(C)OC(=O)NC1CCN(CC(=O)c2ccccn2)CC1. The van der Waals surface area contributed by atoms with Gasteiger partial charge in [-0.25, -0.2) is 4.79 Å². The van der Waals surface area contributed by atoms with Crippen LogP contribution in [0.2, 0.25) is 0 Å². The van der Waals surface area contributed by atoms with E-state index >= 15 is 0 Å². The number of carbonyl (C=O) groups excluding carboxylic acids is 2. The van der Waals surface area contributed by atoms with Crippen molar-refractivity contribution in [3.05, 3.63) is 30.1 Å². The van der Waals surface area contributed by atoms with Gasteiger partial charge in [0, 0.05) is 25.3 Å². The molecule has 1 aromatic rings. The number of likely N-dealkylation sites (tertiary alicyclic amines) is 1. The van der Waals surface area contributed by atoms with Gasteiger partial charge in [0.15, 0.2) is 5.78 Å². The van der Waals surface area contributed by atoms with E-state index in [1.165, 1.54) is 0 Å². The van der Waals surface area contributed by atoms with Crippen LogP contribution in [0.5, 0.6) is 0 Å². The van der Waals surface area contributed by atoms with E-state index in [4.69, 9.17) is 4.74 Å². The Morgan fingerprint density at radius 1 is 1.30 bits per heavy atom. The second kappa shape index (κ2) is 7.55. The van der Waals surface area contributed by atoms with Crippen LogP contribution in [-0.2, 0) is 4.74 Å². The van der Waals surface area contributed by atoms with E-state index in [0.29, 0.717) is 12.2 Å². The summed E-state index contributed by atoms with van der Waals surface area (Å²) in [5, 5.41) is 2.90. The summed E-state index contributed by atoms with van der Waals surface area (Å²) >= 11 is 0. The number of hydrogen-bond acceptors (Lipinski definition) is 5. The van der Waals surface area contributed by atoms with E-state index < -0.39 is 5.60 Å². The van der Waals surface area contributed by atoms with Crippen molar-refractivity contribution in [1.29, 1.82) is 0 Å². The van der Waals surface area contributed by atoms with Crippen LogP contribution in [-0.4, -0.2) is 53.0 Å². The zero-order valence-electron chi connectivity index (χ0n) is 14.0. The lowest BCUT2D eigenvalue weighted by Gasteiger charge is -2.32. The number of hydrogen-bond donors (Lipinski definition) is 1. The van der Waals surface area contributed by atoms with Gasteiger partial charge < -0.3 is 10.1 Å². The topological polar surface area (TPSA) is 71.5 Å². The molecule has 0 unspecified atom stereocenters. The van der Waals surface area contributed by atoms with Crippen LogP contribution >= 0.6 is 0 Å². The highest BCUT2D eigenvalue weighted by molar-refractivity contribution is 5.95. The number of piperidine rings is 1. The van der Waals surface area contributed by atoms with E-state index in [9.17, 15) is 9.59 Å². The molecule has 1 aromatic heterocycles. The predicted molar refractivity (Wildman–Crippen MR) is 87.4 cm³/mol. The number of nitrogens with one attached hydrogen (secondary N) is 1. The molecule has 23 heavy (non-hydrogen) atoms. The van der Waals surface area contributed by atoms with E-state index in [1.54, 1.807) is 18.3 Å². The third kappa shape index (κ3) is 5.98. The van der Waals surface area contributed by atoms with Crippen LogP contribution in [0, 0.1) is 0 Å². The second-order valence-corrected chi connectivity index (χ2v) is 6.83. The Morgan fingerprint density at radius 3 is 2.57 bits per heavy atom. The molecule has 0 atom stereocenters. The van der Waals surface area contributed by atoms with Crippen molar-refractivity contribution in [3.63, 3.8) is 0 Å². The summed E-state index contributed by atoms with van der Waals surface area (Å²) in [5.74, 6) is 0.0316. The number of ether oxygens (including phenoxy) is 1. The standard InChI is InChI=1S/C17H25N3O3/c1-17(2,3)23-16(22)19-13-7-10-20(11-8-13)12-15(21)14-6-4-5-9-18-14/h4-6,9,13H,7-8,10-12H2,1-3H3,(H,19,22). The zero-order valence-corrected chi connectivity index (χ0v) is 14.0. The van der Waals surface area contributed by atoms with E-state index in [1.807, 2.05) is 26.8 Å². The molecule has 2 rings (SSSR count). The maximum absolute atomic E-state index is 12.1. The molecule has 1 aliphatic rings. The van der Waals surface area contributed by atoms with E-state index in [2.05, 4.69) is 15.2 Å². The van der Waals surface area contributed by atoms with Gasteiger partial charge in [-0.2, -0.15) is 0 Å². The minimum absolute atomic E-state index is 0.0316. The number of amides is 1. The lowest BCUT2D eigenvalue weighted by atomic mass is 10.0. The molecule has 0 aliphatic carbocycles. The Balaban J connectivity index is 1.74. The Labute approximate surface area is 137 Å². The minimum Gasteiger partial charge on any atom is -0.444 e. The fourth-order valence-corrected chi connectivity index (χ4v) is 2.52. The third-order valence-corrected chi connectivity index (χ3v) is 3.63. The molecule has 0 saturated carbocycles. The molecule has 1 fully saturated rings. The van der Waals surface area contributed by atoms with Crippen molar-refractivity contribution in [1.82, 2.24) is 15.2 Å². The number of carbonyl (C=O) groups is 2. The number of alkyl carbamates (subject to hydrolysis) is 1. The van der Waals surface area contributed by atoms with Crippen molar-refractivity contribution in [3.8, 4) is 0 Å². The largest absolute Gasteiger partial charge is 0.444 e. The Hall–Kier alpha value is -1.95. The highest BCUT2D eigenvalue weighted by atomic mass is 16.6. The summed E-state index contributed by atoms with van der Waals surface area (Å²) in [6, 6.07) is 5.45. The van der Waals surface area contributed by atoms with Gasteiger partial charge in [0.1, 0.15) is 11.3 Å². The smallest absolute Gasteiger partial charge is 0.407 e. The van der Waals surface area contributed by atoms with Crippen LogP contribution in [0.25, 0.3) is 0 Å². The molecule has 126 valence electrons. The lowest BCUT2D eigenvalue weighted by molar-refractivity contribution is 0.0476. The molecule has 6 nitrogen and oxygen atoms in total. The molecule has 0 aromatic carbocycles. The molecular formula is C17H25N3O3. The molecule has 1 aliphatic heterocycles. The van der Waals surface area contributed by atoms with Crippen LogP contribution in [0.1, 0.15) is 44.1 Å². The van der Waals surface area contributed by atoms with Gasteiger partial charge in [0.25, 0.3) is 0 Å². The van der Waals surface area contributed by atoms with Crippen molar-refractivity contribution in [2.75, 3.05) is 19.6 Å². The quantitative estimate of drug-likeness (QED) is 0.862. The van der Waals surface area contributed by atoms with Crippen molar-refractivity contribution in [2.45, 2.75) is 45.3 Å².